The SMILES string of the molecule is CC(=O)N1CCC(NC(=O)C(C)Cl)c2ccc(F)cc2C1. The molecule has 4 nitrogen and oxygen atoms in total. The first-order valence-electron chi connectivity index (χ1n) is 6.86. The van der Waals surface area contributed by atoms with Crippen molar-refractivity contribution < 1.29 is 14.0 Å². The predicted octanol–water partition coefficient (Wildman–Crippen LogP) is 2.36. The number of rotatable bonds is 2. The van der Waals surface area contributed by atoms with Crippen molar-refractivity contribution in [3.8, 4) is 0 Å². The second kappa shape index (κ2) is 6.43. The van der Waals surface area contributed by atoms with Gasteiger partial charge in [0.15, 0.2) is 0 Å². The van der Waals surface area contributed by atoms with Crippen LogP contribution in [0.1, 0.15) is 37.4 Å². The average molecular weight is 313 g/mol. The summed E-state index contributed by atoms with van der Waals surface area (Å²) in [6.45, 7) is 3.94. The van der Waals surface area contributed by atoms with E-state index in [1.807, 2.05) is 0 Å². The Morgan fingerprint density at radius 1 is 1.48 bits per heavy atom. The fourth-order valence-corrected chi connectivity index (χ4v) is 2.54. The number of amides is 2. The van der Waals surface area contributed by atoms with E-state index in [1.165, 1.54) is 19.1 Å². The van der Waals surface area contributed by atoms with E-state index in [2.05, 4.69) is 5.32 Å². The molecular weight excluding hydrogens is 295 g/mol. The van der Waals surface area contributed by atoms with Crippen LogP contribution in [0.5, 0.6) is 0 Å². The normalized spacial score (nSPS) is 19.4. The largest absolute Gasteiger partial charge is 0.348 e. The van der Waals surface area contributed by atoms with Gasteiger partial charge in [-0.3, -0.25) is 9.59 Å². The van der Waals surface area contributed by atoms with Crippen LogP contribution >= 0.6 is 11.6 Å². The Balaban J connectivity index is 2.32. The zero-order chi connectivity index (χ0) is 15.6. The Kier molecular flexibility index (Phi) is 4.83. The van der Waals surface area contributed by atoms with E-state index in [0.29, 0.717) is 19.5 Å². The standard InChI is InChI=1S/C15H18ClFN2O2/c1-9(16)15(21)18-14-5-6-19(10(2)20)8-11-7-12(17)3-4-13(11)14/h3-4,7,9,14H,5-6,8H2,1-2H3,(H,18,21). The van der Waals surface area contributed by atoms with Crippen LogP contribution in [-0.2, 0) is 16.1 Å². The maximum absolute atomic E-state index is 13.5. The highest BCUT2D eigenvalue weighted by atomic mass is 35.5. The Hall–Kier alpha value is -1.62. The minimum absolute atomic E-state index is 0.0668. The Labute approximate surface area is 128 Å². The molecule has 1 N–H and O–H groups in total. The van der Waals surface area contributed by atoms with Crippen LogP contribution in [-0.4, -0.2) is 28.6 Å². The van der Waals surface area contributed by atoms with Crippen molar-refractivity contribution in [2.75, 3.05) is 6.54 Å². The second-order valence-electron chi connectivity index (χ2n) is 5.25. The van der Waals surface area contributed by atoms with Gasteiger partial charge >= 0.3 is 0 Å². The third kappa shape index (κ3) is 3.73. The van der Waals surface area contributed by atoms with Crippen molar-refractivity contribution in [2.45, 2.75) is 38.2 Å². The van der Waals surface area contributed by atoms with Crippen LogP contribution < -0.4 is 5.32 Å². The molecule has 0 saturated heterocycles. The molecule has 114 valence electrons. The van der Waals surface area contributed by atoms with Crippen LogP contribution in [0.3, 0.4) is 0 Å². The van der Waals surface area contributed by atoms with Gasteiger partial charge in [-0.2, -0.15) is 0 Å². The van der Waals surface area contributed by atoms with Gasteiger partial charge in [-0.1, -0.05) is 6.07 Å². The van der Waals surface area contributed by atoms with Gasteiger partial charge in [0.1, 0.15) is 11.2 Å². The number of carbonyl (C=O) groups excluding carboxylic acids is 2. The molecule has 0 saturated carbocycles. The highest BCUT2D eigenvalue weighted by Crippen LogP contribution is 2.27. The van der Waals surface area contributed by atoms with Crippen LogP contribution in [0, 0.1) is 5.82 Å². The fourth-order valence-electron chi connectivity index (χ4n) is 2.48. The van der Waals surface area contributed by atoms with Crippen molar-refractivity contribution in [1.29, 1.82) is 0 Å². The van der Waals surface area contributed by atoms with Gasteiger partial charge in [-0.05, 0) is 36.6 Å². The van der Waals surface area contributed by atoms with E-state index in [1.54, 1.807) is 17.9 Å². The molecule has 1 heterocycles. The lowest BCUT2D eigenvalue weighted by Crippen LogP contribution is -2.34. The third-order valence-corrected chi connectivity index (χ3v) is 3.85. The third-order valence-electron chi connectivity index (χ3n) is 3.65. The van der Waals surface area contributed by atoms with Gasteiger partial charge in [-0.15, -0.1) is 11.6 Å². The van der Waals surface area contributed by atoms with Crippen molar-refractivity contribution in [3.63, 3.8) is 0 Å². The molecular formula is C15H18ClFN2O2. The Bertz CT molecular complexity index is 563. The van der Waals surface area contributed by atoms with Gasteiger partial charge in [0.05, 0.1) is 6.04 Å². The number of hydrogen-bond acceptors (Lipinski definition) is 2. The zero-order valence-corrected chi connectivity index (χ0v) is 12.8. The number of nitrogens with one attached hydrogen (secondary N) is 1. The van der Waals surface area contributed by atoms with Crippen LogP contribution in [0.4, 0.5) is 4.39 Å². The summed E-state index contributed by atoms with van der Waals surface area (Å²) in [7, 11) is 0. The van der Waals surface area contributed by atoms with Crippen LogP contribution in [0.25, 0.3) is 0 Å². The lowest BCUT2D eigenvalue weighted by molar-refractivity contribution is -0.129. The number of benzene rings is 1. The molecule has 0 fully saturated rings. The molecule has 6 heteroatoms. The summed E-state index contributed by atoms with van der Waals surface area (Å²) < 4.78 is 13.5. The summed E-state index contributed by atoms with van der Waals surface area (Å²) in [5.41, 5.74) is 1.56. The molecule has 21 heavy (non-hydrogen) atoms. The first-order chi connectivity index (χ1) is 9.88. The highest BCUT2D eigenvalue weighted by Gasteiger charge is 2.26. The molecule has 0 radical (unpaired) electrons. The summed E-state index contributed by atoms with van der Waals surface area (Å²) in [5, 5.41) is 2.22. The highest BCUT2D eigenvalue weighted by molar-refractivity contribution is 6.30. The second-order valence-corrected chi connectivity index (χ2v) is 5.90. The van der Waals surface area contributed by atoms with Crippen molar-refractivity contribution >= 4 is 23.4 Å². The fraction of sp³-hybridized carbons (Fsp3) is 0.467. The topological polar surface area (TPSA) is 49.4 Å². The summed E-state index contributed by atoms with van der Waals surface area (Å²) in [4.78, 5) is 25.1. The predicted molar refractivity (Wildman–Crippen MR) is 78.3 cm³/mol. The number of nitrogens with zero attached hydrogens (tertiary/aromatic N) is 1. The molecule has 1 aliphatic heterocycles. The monoisotopic (exact) mass is 312 g/mol. The van der Waals surface area contributed by atoms with E-state index in [0.717, 1.165) is 11.1 Å². The molecule has 1 aromatic rings. The molecule has 0 bridgehead atoms. The number of carbonyl (C=O) groups is 2. The molecule has 2 atom stereocenters. The number of halogens is 2. The van der Waals surface area contributed by atoms with Crippen molar-refractivity contribution in [3.05, 3.63) is 35.1 Å². The lowest BCUT2D eigenvalue weighted by atomic mass is 9.99. The van der Waals surface area contributed by atoms with E-state index >= 15 is 0 Å². The lowest BCUT2D eigenvalue weighted by Gasteiger charge is -2.20. The number of hydrogen-bond donors (Lipinski definition) is 1. The average Bonchev–Trinajstić information content (AvgIpc) is 2.58. The number of fused-ring (bicyclic) bond motifs is 1. The van der Waals surface area contributed by atoms with Crippen molar-refractivity contribution in [2.24, 2.45) is 0 Å². The minimum Gasteiger partial charge on any atom is -0.348 e. The smallest absolute Gasteiger partial charge is 0.238 e. The molecule has 2 amide bonds. The Morgan fingerprint density at radius 3 is 2.81 bits per heavy atom. The van der Waals surface area contributed by atoms with E-state index in [-0.39, 0.29) is 23.7 Å². The molecule has 0 spiro atoms. The van der Waals surface area contributed by atoms with Gasteiger partial charge < -0.3 is 10.2 Å². The first kappa shape index (κ1) is 15.8. The van der Waals surface area contributed by atoms with E-state index in [4.69, 9.17) is 11.6 Å². The van der Waals surface area contributed by atoms with E-state index < -0.39 is 5.38 Å². The molecule has 1 aromatic carbocycles. The maximum atomic E-state index is 13.5. The molecule has 1 aliphatic rings. The quantitative estimate of drug-likeness (QED) is 0.852. The van der Waals surface area contributed by atoms with Gasteiger partial charge in [0.25, 0.3) is 0 Å². The summed E-state index contributed by atoms with van der Waals surface area (Å²) in [5.74, 6) is -0.689. The molecule has 0 aromatic heterocycles. The molecule has 2 unspecified atom stereocenters. The van der Waals surface area contributed by atoms with Gasteiger partial charge in [0, 0.05) is 20.0 Å². The Morgan fingerprint density at radius 2 is 2.19 bits per heavy atom. The molecule has 0 aliphatic carbocycles. The summed E-state index contributed by atoms with van der Waals surface area (Å²) >= 11 is 5.78. The van der Waals surface area contributed by atoms with Gasteiger partial charge in [0.2, 0.25) is 11.8 Å². The number of alkyl halides is 1. The molecule has 2 rings (SSSR count). The van der Waals surface area contributed by atoms with Crippen LogP contribution in [0.2, 0.25) is 0 Å². The van der Waals surface area contributed by atoms with Crippen LogP contribution in [0.15, 0.2) is 18.2 Å². The maximum Gasteiger partial charge on any atom is 0.238 e. The van der Waals surface area contributed by atoms with Crippen molar-refractivity contribution in [1.82, 2.24) is 10.2 Å². The zero-order valence-electron chi connectivity index (χ0n) is 12.0. The summed E-state index contributed by atoms with van der Waals surface area (Å²) in [6, 6.07) is 4.18. The van der Waals surface area contributed by atoms with E-state index in [9.17, 15) is 14.0 Å². The van der Waals surface area contributed by atoms with Gasteiger partial charge in [-0.25, -0.2) is 4.39 Å². The minimum atomic E-state index is -0.638. The summed E-state index contributed by atoms with van der Waals surface area (Å²) in [6.07, 6.45) is 0.577. The first-order valence-corrected chi connectivity index (χ1v) is 7.30.